The monoisotopic (exact) mass is 416 g/mol. The van der Waals surface area contributed by atoms with Crippen molar-refractivity contribution < 1.29 is 18.3 Å². The normalized spacial score (nSPS) is 21.0. The van der Waals surface area contributed by atoms with E-state index in [1.165, 1.54) is 18.5 Å². The SMILES string of the molecule is CC(C)(O)C1CCC(Nc2cc(Cl)ncc2-c2ccn(CC(F)(F)F)n2)CC1. The number of hydrogen-bond acceptors (Lipinski definition) is 4. The molecule has 1 fully saturated rings. The predicted octanol–water partition coefficient (Wildman–Crippen LogP) is 4.90. The molecule has 0 radical (unpaired) electrons. The fourth-order valence-electron chi connectivity index (χ4n) is 3.69. The van der Waals surface area contributed by atoms with Crippen molar-refractivity contribution >= 4 is 17.3 Å². The third-order valence-electron chi connectivity index (χ3n) is 5.21. The summed E-state index contributed by atoms with van der Waals surface area (Å²) < 4.78 is 38.6. The first kappa shape index (κ1) is 20.9. The van der Waals surface area contributed by atoms with Crippen LogP contribution in [0.2, 0.25) is 5.15 Å². The summed E-state index contributed by atoms with van der Waals surface area (Å²) in [5.41, 5.74) is 1.02. The summed E-state index contributed by atoms with van der Waals surface area (Å²) in [6, 6.07) is 3.39. The van der Waals surface area contributed by atoms with E-state index in [0.29, 0.717) is 22.1 Å². The lowest BCUT2D eigenvalue weighted by Gasteiger charge is -2.36. The van der Waals surface area contributed by atoms with Crippen LogP contribution in [0.5, 0.6) is 0 Å². The van der Waals surface area contributed by atoms with Crippen LogP contribution < -0.4 is 5.32 Å². The molecule has 0 unspecified atom stereocenters. The van der Waals surface area contributed by atoms with Gasteiger partial charge in [-0.1, -0.05) is 11.6 Å². The Morgan fingerprint density at radius 2 is 1.93 bits per heavy atom. The highest BCUT2D eigenvalue weighted by Gasteiger charge is 2.32. The Labute approximate surface area is 166 Å². The fourth-order valence-corrected chi connectivity index (χ4v) is 3.85. The molecule has 0 saturated heterocycles. The third-order valence-corrected chi connectivity index (χ3v) is 5.42. The number of halogens is 4. The molecule has 1 saturated carbocycles. The van der Waals surface area contributed by atoms with Crippen molar-refractivity contribution in [1.29, 1.82) is 0 Å². The van der Waals surface area contributed by atoms with Crippen molar-refractivity contribution in [3.05, 3.63) is 29.7 Å². The first-order chi connectivity index (χ1) is 13.0. The number of aromatic nitrogens is 3. The quantitative estimate of drug-likeness (QED) is 0.680. The molecule has 2 heterocycles. The third kappa shape index (κ3) is 5.38. The molecule has 28 heavy (non-hydrogen) atoms. The van der Waals surface area contributed by atoms with Gasteiger partial charge < -0.3 is 10.4 Å². The van der Waals surface area contributed by atoms with Gasteiger partial charge in [0.25, 0.3) is 0 Å². The van der Waals surface area contributed by atoms with E-state index in [1.54, 1.807) is 6.07 Å². The van der Waals surface area contributed by atoms with Gasteiger partial charge in [-0.05, 0) is 57.6 Å². The van der Waals surface area contributed by atoms with Gasteiger partial charge in [-0.3, -0.25) is 4.68 Å². The predicted molar refractivity (Wildman–Crippen MR) is 102 cm³/mol. The maximum Gasteiger partial charge on any atom is 0.408 e. The number of anilines is 1. The largest absolute Gasteiger partial charge is 0.408 e. The van der Waals surface area contributed by atoms with Crippen molar-refractivity contribution in [1.82, 2.24) is 14.8 Å². The molecule has 5 nitrogen and oxygen atoms in total. The molecule has 0 amide bonds. The molecule has 0 atom stereocenters. The molecule has 0 bridgehead atoms. The maximum atomic E-state index is 12.6. The Kier molecular flexibility index (Phi) is 5.91. The van der Waals surface area contributed by atoms with Crippen LogP contribution in [0.25, 0.3) is 11.3 Å². The summed E-state index contributed by atoms with van der Waals surface area (Å²) in [6.45, 7) is 2.53. The molecular formula is C19H24ClF3N4O. The van der Waals surface area contributed by atoms with E-state index in [0.717, 1.165) is 30.4 Å². The highest BCUT2D eigenvalue weighted by atomic mass is 35.5. The smallest absolute Gasteiger partial charge is 0.390 e. The summed E-state index contributed by atoms with van der Waals surface area (Å²) in [5.74, 6) is 0.254. The number of aliphatic hydroxyl groups is 1. The Morgan fingerprint density at radius 1 is 1.25 bits per heavy atom. The molecule has 154 valence electrons. The van der Waals surface area contributed by atoms with Gasteiger partial charge in [0.05, 0.1) is 11.3 Å². The van der Waals surface area contributed by atoms with Crippen LogP contribution in [-0.2, 0) is 6.54 Å². The van der Waals surface area contributed by atoms with E-state index >= 15 is 0 Å². The Balaban J connectivity index is 1.75. The number of nitrogens with zero attached hydrogens (tertiary/aromatic N) is 3. The van der Waals surface area contributed by atoms with E-state index in [-0.39, 0.29) is 12.0 Å². The van der Waals surface area contributed by atoms with Crippen LogP contribution in [0.4, 0.5) is 18.9 Å². The van der Waals surface area contributed by atoms with Gasteiger partial charge in [0.15, 0.2) is 0 Å². The number of rotatable bonds is 5. The van der Waals surface area contributed by atoms with Gasteiger partial charge >= 0.3 is 6.18 Å². The van der Waals surface area contributed by atoms with Crippen LogP contribution in [0.15, 0.2) is 24.5 Å². The lowest BCUT2D eigenvalue weighted by atomic mass is 9.77. The van der Waals surface area contributed by atoms with Gasteiger partial charge in [0.2, 0.25) is 0 Å². The van der Waals surface area contributed by atoms with Crippen LogP contribution in [0, 0.1) is 5.92 Å². The van der Waals surface area contributed by atoms with Crippen LogP contribution >= 0.6 is 11.6 Å². The van der Waals surface area contributed by atoms with Gasteiger partial charge in [-0.25, -0.2) is 4.98 Å². The van der Waals surface area contributed by atoms with Gasteiger partial charge in [-0.15, -0.1) is 0 Å². The molecule has 0 aromatic carbocycles. The van der Waals surface area contributed by atoms with Crippen molar-refractivity contribution in [3.63, 3.8) is 0 Å². The molecule has 2 aromatic rings. The minimum Gasteiger partial charge on any atom is -0.390 e. The number of nitrogens with one attached hydrogen (secondary N) is 1. The van der Waals surface area contributed by atoms with E-state index in [9.17, 15) is 18.3 Å². The minimum atomic E-state index is -4.33. The van der Waals surface area contributed by atoms with E-state index < -0.39 is 18.3 Å². The van der Waals surface area contributed by atoms with E-state index in [4.69, 9.17) is 11.6 Å². The number of pyridine rings is 1. The zero-order valence-electron chi connectivity index (χ0n) is 15.8. The second-order valence-electron chi connectivity index (χ2n) is 7.91. The van der Waals surface area contributed by atoms with Crippen molar-refractivity contribution in [2.75, 3.05) is 5.32 Å². The Morgan fingerprint density at radius 3 is 2.54 bits per heavy atom. The molecule has 9 heteroatoms. The molecule has 0 spiro atoms. The topological polar surface area (TPSA) is 63.0 Å². The van der Waals surface area contributed by atoms with Crippen molar-refractivity contribution in [3.8, 4) is 11.3 Å². The molecule has 0 aliphatic heterocycles. The van der Waals surface area contributed by atoms with Crippen LogP contribution in [-0.4, -0.2) is 37.7 Å². The zero-order valence-corrected chi connectivity index (χ0v) is 16.6. The molecule has 1 aliphatic carbocycles. The zero-order chi connectivity index (χ0) is 20.5. The summed E-state index contributed by atoms with van der Waals surface area (Å²) in [6.07, 6.45) is 2.06. The first-order valence-corrected chi connectivity index (χ1v) is 9.64. The van der Waals surface area contributed by atoms with Gasteiger partial charge in [0.1, 0.15) is 11.7 Å². The molecule has 1 aliphatic rings. The van der Waals surface area contributed by atoms with Crippen LogP contribution in [0.3, 0.4) is 0 Å². The van der Waals surface area contributed by atoms with Crippen molar-refractivity contribution in [2.24, 2.45) is 5.92 Å². The second kappa shape index (κ2) is 7.91. The average Bonchev–Trinajstić information content (AvgIpc) is 3.01. The fraction of sp³-hybridized carbons (Fsp3) is 0.579. The summed E-state index contributed by atoms with van der Waals surface area (Å²) in [4.78, 5) is 4.06. The molecule has 2 N–H and O–H groups in total. The summed E-state index contributed by atoms with van der Waals surface area (Å²) in [7, 11) is 0. The first-order valence-electron chi connectivity index (χ1n) is 9.26. The lowest BCUT2D eigenvalue weighted by molar-refractivity contribution is -0.142. The van der Waals surface area contributed by atoms with Gasteiger partial charge in [0, 0.05) is 29.7 Å². The summed E-state index contributed by atoms with van der Waals surface area (Å²) in [5, 5.41) is 18.0. The molecular weight excluding hydrogens is 393 g/mol. The number of alkyl halides is 3. The van der Waals surface area contributed by atoms with Crippen molar-refractivity contribution in [2.45, 2.75) is 63.9 Å². The van der Waals surface area contributed by atoms with Crippen LogP contribution in [0.1, 0.15) is 39.5 Å². The van der Waals surface area contributed by atoms with Gasteiger partial charge in [-0.2, -0.15) is 18.3 Å². The lowest BCUT2D eigenvalue weighted by Crippen LogP contribution is -2.37. The highest BCUT2D eigenvalue weighted by Crippen LogP contribution is 2.35. The average molecular weight is 417 g/mol. The number of hydrogen-bond donors (Lipinski definition) is 2. The Bertz CT molecular complexity index is 808. The van der Waals surface area contributed by atoms with E-state index in [2.05, 4.69) is 15.4 Å². The second-order valence-corrected chi connectivity index (χ2v) is 8.30. The highest BCUT2D eigenvalue weighted by molar-refractivity contribution is 6.29. The maximum absolute atomic E-state index is 12.6. The minimum absolute atomic E-state index is 0.188. The standard InChI is InChI=1S/C19H24ClF3N4O/c1-18(2,28)12-3-5-13(6-4-12)25-16-9-17(20)24-10-14(16)15-7-8-27(26-15)11-19(21,22)23/h7-10,12-13,28H,3-6,11H2,1-2H3,(H,24,25). The van der Waals surface area contributed by atoms with E-state index in [1.807, 2.05) is 13.8 Å². The summed E-state index contributed by atoms with van der Waals surface area (Å²) >= 11 is 6.04. The molecule has 2 aromatic heterocycles. The molecule has 3 rings (SSSR count). The Hall–Kier alpha value is -1.80.